The number of rotatable bonds is 5. The topological polar surface area (TPSA) is 102 Å². The van der Waals surface area contributed by atoms with Crippen molar-refractivity contribution >= 4 is 17.4 Å². The Kier molecular flexibility index (Phi) is 6.04. The number of carbonyl (C=O) groups is 1. The van der Waals surface area contributed by atoms with Crippen molar-refractivity contribution in [3.8, 4) is 17.2 Å². The van der Waals surface area contributed by atoms with Gasteiger partial charge >= 0.3 is 0 Å². The molecule has 7 nitrogen and oxygen atoms in total. The lowest BCUT2D eigenvalue weighted by atomic mass is 9.99. The molecule has 1 amide bonds. The number of pyridine rings is 2. The highest BCUT2D eigenvalue weighted by molar-refractivity contribution is 6.04. The summed E-state index contributed by atoms with van der Waals surface area (Å²) in [6.07, 6.45) is 3.23. The second kappa shape index (κ2) is 8.54. The number of hydrogen-bond acceptors (Lipinski definition) is 6. The lowest BCUT2D eigenvalue weighted by Crippen LogP contribution is -2.19. The highest BCUT2D eigenvalue weighted by Gasteiger charge is 2.19. The first-order valence-electron chi connectivity index (χ1n) is 9.79. The maximum atomic E-state index is 12.8. The van der Waals surface area contributed by atoms with Crippen LogP contribution in [0, 0.1) is 18.3 Å². The number of benzene rings is 1. The van der Waals surface area contributed by atoms with Gasteiger partial charge in [-0.25, -0.2) is 4.98 Å². The third kappa shape index (κ3) is 4.87. The molecule has 0 saturated carbocycles. The molecule has 31 heavy (non-hydrogen) atoms. The minimum Gasteiger partial charge on any atom is -0.384 e. The monoisotopic (exact) mass is 415 g/mol. The smallest absolute Gasteiger partial charge is 0.255 e. The highest BCUT2D eigenvalue weighted by Crippen LogP contribution is 2.29. The largest absolute Gasteiger partial charge is 0.384 e. The van der Waals surface area contributed by atoms with Crippen molar-refractivity contribution < 1.29 is 9.90 Å². The van der Waals surface area contributed by atoms with E-state index in [1.165, 1.54) is 6.20 Å². The van der Waals surface area contributed by atoms with Gasteiger partial charge in [-0.15, -0.1) is 0 Å². The van der Waals surface area contributed by atoms with Gasteiger partial charge in [-0.1, -0.05) is 6.07 Å². The lowest BCUT2D eigenvalue weighted by Gasteiger charge is -2.17. The van der Waals surface area contributed by atoms with Gasteiger partial charge in [-0.3, -0.25) is 9.78 Å². The zero-order valence-electron chi connectivity index (χ0n) is 18.3. The standard InChI is InChI=1S/C24H25N5O2/c1-15-6-7-19(28-23(30)16-8-9-26-21(11-16)24(2,3)31)12-20(15)18-10-17(13-25)22(27-14-18)29(4)5/h6-12,14,31H,1-5H3,(H,28,30). The van der Waals surface area contributed by atoms with Crippen molar-refractivity contribution in [2.75, 3.05) is 24.3 Å². The fourth-order valence-corrected chi connectivity index (χ4v) is 3.16. The SMILES string of the molecule is Cc1ccc(NC(=O)c2ccnc(C(C)(C)O)c2)cc1-c1cnc(N(C)C)c(C#N)c1. The van der Waals surface area contributed by atoms with Crippen LogP contribution < -0.4 is 10.2 Å². The summed E-state index contributed by atoms with van der Waals surface area (Å²) in [6, 6.07) is 12.8. The molecule has 0 saturated heterocycles. The Morgan fingerprint density at radius 2 is 1.90 bits per heavy atom. The van der Waals surface area contributed by atoms with Crippen LogP contribution in [-0.4, -0.2) is 35.1 Å². The molecular weight excluding hydrogens is 390 g/mol. The van der Waals surface area contributed by atoms with E-state index in [1.807, 2.05) is 39.2 Å². The minimum atomic E-state index is -1.14. The number of aryl methyl sites for hydroxylation is 1. The van der Waals surface area contributed by atoms with Crippen molar-refractivity contribution in [1.29, 1.82) is 5.26 Å². The van der Waals surface area contributed by atoms with Gasteiger partial charge < -0.3 is 15.3 Å². The molecule has 2 heterocycles. The number of nitriles is 1. The molecule has 7 heteroatoms. The fraction of sp³-hybridized carbons (Fsp3) is 0.250. The molecule has 0 unspecified atom stereocenters. The second-order valence-electron chi connectivity index (χ2n) is 8.07. The number of aliphatic hydroxyl groups is 1. The van der Waals surface area contributed by atoms with Gasteiger partial charge in [0.1, 0.15) is 17.5 Å². The van der Waals surface area contributed by atoms with Gasteiger partial charge in [0.2, 0.25) is 0 Å². The van der Waals surface area contributed by atoms with Crippen molar-refractivity contribution in [2.24, 2.45) is 0 Å². The van der Waals surface area contributed by atoms with E-state index >= 15 is 0 Å². The summed E-state index contributed by atoms with van der Waals surface area (Å²) in [5.41, 5.74) is 3.43. The van der Waals surface area contributed by atoms with Crippen molar-refractivity contribution in [1.82, 2.24) is 9.97 Å². The van der Waals surface area contributed by atoms with E-state index in [2.05, 4.69) is 21.4 Å². The first-order chi connectivity index (χ1) is 14.6. The molecular formula is C24H25N5O2. The zero-order valence-corrected chi connectivity index (χ0v) is 18.3. The molecule has 0 bridgehead atoms. The highest BCUT2D eigenvalue weighted by atomic mass is 16.3. The molecule has 0 aliphatic heterocycles. The number of carbonyl (C=O) groups excluding carboxylic acids is 1. The summed E-state index contributed by atoms with van der Waals surface area (Å²) in [4.78, 5) is 23.1. The van der Waals surface area contributed by atoms with Crippen LogP contribution in [0.5, 0.6) is 0 Å². The summed E-state index contributed by atoms with van der Waals surface area (Å²) in [5.74, 6) is 0.301. The van der Waals surface area contributed by atoms with Crippen molar-refractivity contribution in [2.45, 2.75) is 26.4 Å². The predicted octanol–water partition coefficient (Wildman–Crippen LogP) is 3.87. The van der Waals surface area contributed by atoms with Gasteiger partial charge in [-0.05, 0) is 62.2 Å². The van der Waals surface area contributed by atoms with E-state index in [9.17, 15) is 15.2 Å². The van der Waals surface area contributed by atoms with Crippen molar-refractivity contribution in [3.63, 3.8) is 0 Å². The molecule has 0 radical (unpaired) electrons. The van der Waals surface area contributed by atoms with Crippen LogP contribution in [-0.2, 0) is 5.60 Å². The quantitative estimate of drug-likeness (QED) is 0.656. The molecule has 2 aromatic heterocycles. The molecule has 158 valence electrons. The number of amides is 1. The summed E-state index contributed by atoms with van der Waals surface area (Å²) in [5, 5.41) is 22.5. The summed E-state index contributed by atoms with van der Waals surface area (Å²) in [7, 11) is 3.68. The average molecular weight is 415 g/mol. The molecule has 3 rings (SSSR count). The number of hydrogen-bond donors (Lipinski definition) is 2. The Bertz CT molecular complexity index is 1170. The average Bonchev–Trinajstić information content (AvgIpc) is 2.74. The van der Waals surface area contributed by atoms with Gasteiger partial charge in [0.15, 0.2) is 0 Å². The fourth-order valence-electron chi connectivity index (χ4n) is 3.16. The van der Waals surface area contributed by atoms with E-state index in [0.717, 1.165) is 16.7 Å². The van der Waals surface area contributed by atoms with Crippen LogP contribution in [0.15, 0.2) is 48.8 Å². The molecule has 3 aromatic rings. The van der Waals surface area contributed by atoms with Crippen LogP contribution in [0.4, 0.5) is 11.5 Å². The molecule has 0 aliphatic carbocycles. The van der Waals surface area contributed by atoms with Crippen molar-refractivity contribution in [3.05, 3.63) is 71.2 Å². The first kappa shape index (κ1) is 21.9. The Balaban J connectivity index is 1.92. The first-order valence-corrected chi connectivity index (χ1v) is 9.79. The number of nitrogens with one attached hydrogen (secondary N) is 1. The molecule has 0 aliphatic rings. The normalized spacial score (nSPS) is 11.0. The molecule has 1 aromatic carbocycles. The minimum absolute atomic E-state index is 0.304. The van der Waals surface area contributed by atoms with Gasteiger partial charge in [0, 0.05) is 43.3 Å². The van der Waals surface area contributed by atoms with Gasteiger partial charge in [0.25, 0.3) is 5.91 Å². The maximum Gasteiger partial charge on any atom is 0.255 e. The van der Waals surface area contributed by atoms with Crippen LogP contribution in [0.1, 0.15) is 41.0 Å². The van der Waals surface area contributed by atoms with E-state index in [1.54, 1.807) is 43.1 Å². The van der Waals surface area contributed by atoms with Crippen LogP contribution in [0.3, 0.4) is 0 Å². The zero-order chi connectivity index (χ0) is 22.8. The summed E-state index contributed by atoms with van der Waals surface area (Å²) >= 11 is 0. The third-order valence-corrected chi connectivity index (χ3v) is 4.87. The van der Waals surface area contributed by atoms with Crippen LogP contribution in [0.25, 0.3) is 11.1 Å². The Labute approximate surface area is 182 Å². The maximum absolute atomic E-state index is 12.8. The summed E-state index contributed by atoms with van der Waals surface area (Å²) < 4.78 is 0. The molecule has 0 fully saturated rings. The molecule has 2 N–H and O–H groups in total. The summed E-state index contributed by atoms with van der Waals surface area (Å²) in [6.45, 7) is 5.20. The van der Waals surface area contributed by atoms with E-state index < -0.39 is 5.60 Å². The predicted molar refractivity (Wildman–Crippen MR) is 121 cm³/mol. The van der Waals surface area contributed by atoms with Crippen LogP contribution >= 0.6 is 0 Å². The number of nitrogens with zero attached hydrogens (tertiary/aromatic N) is 4. The third-order valence-electron chi connectivity index (χ3n) is 4.87. The Morgan fingerprint density at radius 1 is 1.16 bits per heavy atom. The van der Waals surface area contributed by atoms with E-state index in [-0.39, 0.29) is 5.91 Å². The Morgan fingerprint density at radius 3 is 2.55 bits per heavy atom. The second-order valence-corrected chi connectivity index (χ2v) is 8.07. The van der Waals surface area contributed by atoms with Gasteiger partial charge in [0.05, 0.1) is 11.3 Å². The Hall–Kier alpha value is -3.76. The number of anilines is 2. The van der Waals surface area contributed by atoms with E-state index in [0.29, 0.717) is 28.3 Å². The molecule has 0 spiro atoms. The van der Waals surface area contributed by atoms with Crippen LogP contribution in [0.2, 0.25) is 0 Å². The van der Waals surface area contributed by atoms with E-state index in [4.69, 9.17) is 0 Å². The lowest BCUT2D eigenvalue weighted by molar-refractivity contribution is 0.0737. The molecule has 0 atom stereocenters. The number of aromatic nitrogens is 2. The van der Waals surface area contributed by atoms with Gasteiger partial charge in [-0.2, -0.15) is 5.26 Å².